The van der Waals surface area contributed by atoms with Gasteiger partial charge in [0.1, 0.15) is 11.5 Å². The van der Waals surface area contributed by atoms with Crippen LogP contribution >= 0.6 is 0 Å². The highest BCUT2D eigenvalue weighted by atomic mass is 16.5. The van der Waals surface area contributed by atoms with Crippen molar-refractivity contribution in [1.29, 1.82) is 0 Å². The van der Waals surface area contributed by atoms with Crippen molar-refractivity contribution >= 4 is 0 Å². The first-order valence-electron chi connectivity index (χ1n) is 7.99. The summed E-state index contributed by atoms with van der Waals surface area (Å²) in [6, 6.07) is 7.83. The maximum absolute atomic E-state index is 5.75. The van der Waals surface area contributed by atoms with Gasteiger partial charge in [-0.05, 0) is 50.7 Å². The maximum atomic E-state index is 5.75. The Kier molecular flexibility index (Phi) is 6.72. The lowest BCUT2D eigenvalue weighted by atomic mass is 10.1. The van der Waals surface area contributed by atoms with Crippen LogP contribution in [0.1, 0.15) is 38.5 Å². The molecule has 3 nitrogen and oxygen atoms in total. The van der Waals surface area contributed by atoms with Gasteiger partial charge in [-0.25, -0.2) is 0 Å². The fourth-order valence-electron chi connectivity index (χ4n) is 2.84. The average Bonchev–Trinajstić information content (AvgIpc) is 2.52. The summed E-state index contributed by atoms with van der Waals surface area (Å²) in [6.45, 7) is 4.93. The maximum Gasteiger partial charge on any atom is 0.122 e. The number of quaternary nitrogens is 1. The van der Waals surface area contributed by atoms with E-state index in [4.69, 9.17) is 9.47 Å². The summed E-state index contributed by atoms with van der Waals surface area (Å²) >= 11 is 0. The van der Waals surface area contributed by atoms with Gasteiger partial charge >= 0.3 is 0 Å². The molecule has 112 valence electrons. The number of hydrogen-bond donors (Lipinski definition) is 1. The molecule has 1 aliphatic rings. The molecule has 1 fully saturated rings. The molecule has 0 unspecified atom stereocenters. The third kappa shape index (κ3) is 5.41. The Morgan fingerprint density at radius 2 is 1.80 bits per heavy atom. The molecule has 0 aliphatic carbocycles. The van der Waals surface area contributed by atoms with Gasteiger partial charge in [0.25, 0.3) is 0 Å². The summed E-state index contributed by atoms with van der Waals surface area (Å²) in [5.41, 5.74) is 0. The second-order valence-corrected chi connectivity index (χ2v) is 5.65. The van der Waals surface area contributed by atoms with Crippen molar-refractivity contribution in [3.05, 3.63) is 24.3 Å². The molecular formula is C17H28NO2+. The van der Waals surface area contributed by atoms with E-state index in [1.54, 1.807) is 7.11 Å². The number of hydrogen-bond acceptors (Lipinski definition) is 2. The van der Waals surface area contributed by atoms with Gasteiger partial charge in [-0.3, -0.25) is 0 Å². The van der Waals surface area contributed by atoms with Crippen molar-refractivity contribution in [1.82, 2.24) is 0 Å². The van der Waals surface area contributed by atoms with E-state index in [1.807, 2.05) is 29.2 Å². The molecule has 1 aliphatic heterocycles. The molecule has 1 saturated heterocycles. The zero-order chi connectivity index (χ0) is 14.0. The predicted octanol–water partition coefficient (Wildman–Crippen LogP) is 2.31. The normalized spacial score (nSPS) is 16.1. The molecule has 0 spiro atoms. The summed E-state index contributed by atoms with van der Waals surface area (Å²) < 4.78 is 10.9. The van der Waals surface area contributed by atoms with Crippen LogP contribution in [-0.2, 0) is 0 Å². The standard InChI is InChI=1S/C17H27NO2/c1-19-16-9-8-10-17(15-16)20-14-7-3-6-13-18-11-4-2-5-12-18/h8-10,15H,2-7,11-14H2,1H3/p+1. The molecule has 20 heavy (non-hydrogen) atoms. The van der Waals surface area contributed by atoms with Crippen molar-refractivity contribution in [2.75, 3.05) is 33.4 Å². The molecule has 0 saturated carbocycles. The van der Waals surface area contributed by atoms with Crippen LogP contribution in [-0.4, -0.2) is 33.4 Å². The lowest BCUT2D eigenvalue weighted by Crippen LogP contribution is -3.12. The minimum absolute atomic E-state index is 0.808. The Morgan fingerprint density at radius 3 is 2.60 bits per heavy atom. The van der Waals surface area contributed by atoms with Gasteiger partial charge in [0.15, 0.2) is 0 Å². The average molecular weight is 278 g/mol. The van der Waals surface area contributed by atoms with Crippen LogP contribution in [0.5, 0.6) is 11.5 Å². The number of methoxy groups -OCH3 is 1. The van der Waals surface area contributed by atoms with Crippen LogP contribution in [0, 0.1) is 0 Å². The molecule has 1 aromatic carbocycles. The zero-order valence-corrected chi connectivity index (χ0v) is 12.7. The van der Waals surface area contributed by atoms with Gasteiger partial charge in [0.2, 0.25) is 0 Å². The second kappa shape index (κ2) is 8.85. The molecule has 3 heteroatoms. The third-order valence-corrected chi connectivity index (χ3v) is 4.05. The Labute approximate surface area is 122 Å². The van der Waals surface area contributed by atoms with Gasteiger partial charge in [0, 0.05) is 6.07 Å². The van der Waals surface area contributed by atoms with Crippen LogP contribution in [0.2, 0.25) is 0 Å². The van der Waals surface area contributed by atoms with Gasteiger partial charge in [0.05, 0.1) is 33.4 Å². The van der Waals surface area contributed by atoms with Crippen molar-refractivity contribution in [2.45, 2.75) is 38.5 Å². The minimum atomic E-state index is 0.808. The summed E-state index contributed by atoms with van der Waals surface area (Å²) in [6.07, 6.45) is 8.04. The summed E-state index contributed by atoms with van der Waals surface area (Å²) in [5, 5.41) is 0. The SMILES string of the molecule is COc1cccc(OCCCCC[NH+]2CCCCC2)c1. The van der Waals surface area contributed by atoms with E-state index in [1.165, 1.54) is 51.7 Å². The smallest absolute Gasteiger partial charge is 0.122 e. The fourth-order valence-corrected chi connectivity index (χ4v) is 2.84. The van der Waals surface area contributed by atoms with Crippen LogP contribution in [0.3, 0.4) is 0 Å². The topological polar surface area (TPSA) is 22.9 Å². The van der Waals surface area contributed by atoms with E-state index >= 15 is 0 Å². The highest BCUT2D eigenvalue weighted by Gasteiger charge is 2.12. The molecule has 0 bridgehead atoms. The largest absolute Gasteiger partial charge is 0.497 e. The lowest BCUT2D eigenvalue weighted by Gasteiger charge is -2.23. The van der Waals surface area contributed by atoms with Crippen molar-refractivity contribution < 1.29 is 14.4 Å². The Bertz CT molecular complexity index is 375. The minimum Gasteiger partial charge on any atom is -0.497 e. The first-order valence-corrected chi connectivity index (χ1v) is 7.99. The summed E-state index contributed by atoms with van der Waals surface area (Å²) in [7, 11) is 1.68. The number of benzene rings is 1. The fraction of sp³-hybridized carbons (Fsp3) is 0.647. The van der Waals surface area contributed by atoms with Gasteiger partial charge in [-0.2, -0.15) is 0 Å². The Balaban J connectivity index is 1.52. The molecule has 1 aromatic rings. The highest BCUT2D eigenvalue weighted by molar-refractivity contribution is 5.32. The van der Waals surface area contributed by atoms with Crippen molar-refractivity contribution in [2.24, 2.45) is 0 Å². The lowest BCUT2D eigenvalue weighted by molar-refractivity contribution is -0.905. The van der Waals surface area contributed by atoms with E-state index in [2.05, 4.69) is 0 Å². The molecule has 0 amide bonds. The molecule has 2 rings (SSSR count). The van der Waals surface area contributed by atoms with Crippen LogP contribution < -0.4 is 14.4 Å². The molecule has 0 radical (unpaired) electrons. The van der Waals surface area contributed by atoms with Crippen LogP contribution in [0.4, 0.5) is 0 Å². The number of piperidine rings is 1. The Morgan fingerprint density at radius 1 is 1.00 bits per heavy atom. The number of ether oxygens (including phenoxy) is 2. The van der Waals surface area contributed by atoms with E-state index in [0.29, 0.717) is 0 Å². The van der Waals surface area contributed by atoms with Gasteiger partial charge < -0.3 is 14.4 Å². The predicted molar refractivity (Wildman–Crippen MR) is 81.8 cm³/mol. The van der Waals surface area contributed by atoms with Crippen LogP contribution in [0.15, 0.2) is 24.3 Å². The van der Waals surface area contributed by atoms with E-state index in [0.717, 1.165) is 24.5 Å². The number of unbranched alkanes of at least 4 members (excludes halogenated alkanes) is 2. The monoisotopic (exact) mass is 278 g/mol. The third-order valence-electron chi connectivity index (χ3n) is 4.05. The van der Waals surface area contributed by atoms with Gasteiger partial charge in [-0.15, -0.1) is 0 Å². The number of nitrogens with one attached hydrogen (secondary N) is 1. The first-order chi connectivity index (χ1) is 9.88. The molecule has 1 heterocycles. The van der Waals surface area contributed by atoms with E-state index in [9.17, 15) is 0 Å². The van der Waals surface area contributed by atoms with Gasteiger partial charge in [-0.1, -0.05) is 6.07 Å². The second-order valence-electron chi connectivity index (χ2n) is 5.65. The molecular weight excluding hydrogens is 250 g/mol. The number of likely N-dealkylation sites (tertiary alicyclic amines) is 1. The van der Waals surface area contributed by atoms with Crippen molar-refractivity contribution in [3.8, 4) is 11.5 Å². The molecule has 1 N–H and O–H groups in total. The highest BCUT2D eigenvalue weighted by Crippen LogP contribution is 2.18. The van der Waals surface area contributed by atoms with E-state index < -0.39 is 0 Å². The van der Waals surface area contributed by atoms with Crippen molar-refractivity contribution in [3.63, 3.8) is 0 Å². The van der Waals surface area contributed by atoms with E-state index in [-0.39, 0.29) is 0 Å². The number of rotatable bonds is 8. The summed E-state index contributed by atoms with van der Waals surface area (Å²) in [4.78, 5) is 1.81. The molecule has 0 aromatic heterocycles. The Hall–Kier alpha value is -1.22. The molecule has 0 atom stereocenters. The van der Waals surface area contributed by atoms with Crippen LogP contribution in [0.25, 0.3) is 0 Å². The quantitative estimate of drug-likeness (QED) is 0.738. The summed E-state index contributed by atoms with van der Waals surface area (Å²) in [5.74, 6) is 1.77. The first kappa shape index (κ1) is 15.2. The zero-order valence-electron chi connectivity index (χ0n) is 12.7.